The van der Waals surface area contributed by atoms with Gasteiger partial charge in [0.15, 0.2) is 0 Å². The van der Waals surface area contributed by atoms with Crippen molar-refractivity contribution in [1.29, 1.82) is 0 Å². The number of benzene rings is 3. The highest BCUT2D eigenvalue weighted by molar-refractivity contribution is 7.86. The van der Waals surface area contributed by atoms with E-state index in [-0.39, 0.29) is 4.90 Å². The molecule has 43 heavy (non-hydrogen) atoms. The Morgan fingerprint density at radius 1 is 0.837 bits per heavy atom. The summed E-state index contributed by atoms with van der Waals surface area (Å²) < 4.78 is 45.0. The van der Waals surface area contributed by atoms with Crippen LogP contribution in [0.15, 0.2) is 63.9 Å². The summed E-state index contributed by atoms with van der Waals surface area (Å²) in [5.74, 6) is 0.665. The largest absolute Gasteiger partial charge is 0.456 e. The number of unbranched alkanes of at least 4 members (excludes halogenated alkanes) is 4. The van der Waals surface area contributed by atoms with Gasteiger partial charge >= 0.3 is 0 Å². The molecule has 0 unspecified atom stereocenters. The molecule has 0 saturated carbocycles. The van der Waals surface area contributed by atoms with Crippen molar-refractivity contribution in [2.45, 2.75) is 78.2 Å². The number of fused-ring (bicyclic) bond motifs is 2. The average molecular weight is 607 g/mol. The molecule has 0 bridgehead atoms. The second-order valence-electron chi connectivity index (χ2n) is 11.1. The van der Waals surface area contributed by atoms with Crippen LogP contribution >= 0.6 is 0 Å². The predicted molar refractivity (Wildman–Crippen MR) is 178 cm³/mol. The van der Waals surface area contributed by atoms with Gasteiger partial charge in [0.05, 0.1) is 6.07 Å². The van der Waals surface area contributed by atoms with E-state index in [4.69, 9.17) is 4.42 Å². The Morgan fingerprint density at radius 2 is 1.56 bits per heavy atom. The molecule has 4 rings (SSSR count). The first kappa shape index (κ1) is 32.7. The summed E-state index contributed by atoms with van der Waals surface area (Å²) in [5.41, 5.74) is 4.50. The molecule has 2 aliphatic rings. The van der Waals surface area contributed by atoms with E-state index in [1.54, 1.807) is 6.07 Å². The SMILES string of the molecule is CCCCCCCNCc1ccc(-c2c3ccc(=[N+](CC)CC)cc-3oc3cc(N(CC)CC)ccc23)c(S(=O)(=O)O)c1. The molecule has 1 aliphatic carbocycles. The first-order chi connectivity index (χ1) is 20.7. The van der Waals surface area contributed by atoms with Gasteiger partial charge in [-0.05, 0) is 70.5 Å². The van der Waals surface area contributed by atoms with Gasteiger partial charge in [0, 0.05) is 59.5 Å². The van der Waals surface area contributed by atoms with Gasteiger partial charge in [-0.1, -0.05) is 44.7 Å². The van der Waals surface area contributed by atoms with Crippen molar-refractivity contribution in [2.24, 2.45) is 0 Å². The summed E-state index contributed by atoms with van der Waals surface area (Å²) in [6.45, 7) is 15.5. The second-order valence-corrected chi connectivity index (χ2v) is 12.5. The molecule has 1 heterocycles. The van der Waals surface area contributed by atoms with Gasteiger partial charge in [-0.15, -0.1) is 0 Å². The summed E-state index contributed by atoms with van der Waals surface area (Å²) >= 11 is 0. The highest BCUT2D eigenvalue weighted by atomic mass is 32.2. The molecular weight excluding hydrogens is 558 g/mol. The predicted octanol–water partition coefficient (Wildman–Crippen LogP) is 7.17. The van der Waals surface area contributed by atoms with Crippen molar-refractivity contribution in [3.8, 4) is 22.5 Å². The lowest BCUT2D eigenvalue weighted by atomic mass is 9.92. The van der Waals surface area contributed by atoms with Crippen molar-refractivity contribution in [3.05, 3.63) is 65.5 Å². The number of hydrogen-bond donors (Lipinski definition) is 2. The van der Waals surface area contributed by atoms with Gasteiger partial charge in [-0.3, -0.25) is 4.55 Å². The van der Waals surface area contributed by atoms with Crippen LogP contribution in [0.1, 0.15) is 72.3 Å². The van der Waals surface area contributed by atoms with E-state index in [0.29, 0.717) is 23.5 Å². The number of nitrogens with one attached hydrogen (secondary N) is 1. The highest BCUT2D eigenvalue weighted by Gasteiger charge is 2.25. The van der Waals surface area contributed by atoms with Crippen LogP contribution in [0, 0.1) is 0 Å². The van der Waals surface area contributed by atoms with Gasteiger partial charge in [0.1, 0.15) is 29.3 Å². The Bertz CT molecular complexity index is 1670. The van der Waals surface area contributed by atoms with E-state index in [9.17, 15) is 13.0 Å². The molecule has 0 amide bonds. The fraction of sp³-hybridized carbons (Fsp3) is 0.457. The fourth-order valence-electron chi connectivity index (χ4n) is 5.91. The number of rotatable bonds is 15. The van der Waals surface area contributed by atoms with Gasteiger partial charge in [0.25, 0.3) is 10.1 Å². The summed E-state index contributed by atoms with van der Waals surface area (Å²) in [6, 6.07) is 17.5. The van der Waals surface area contributed by atoms with Crippen LogP contribution in [-0.4, -0.2) is 45.7 Å². The molecule has 0 radical (unpaired) electrons. The zero-order valence-electron chi connectivity index (χ0n) is 26.4. The van der Waals surface area contributed by atoms with Crippen molar-refractivity contribution in [2.75, 3.05) is 37.6 Å². The smallest absolute Gasteiger partial charge is 0.295 e. The lowest BCUT2D eigenvalue weighted by molar-refractivity contribution is 0.483. The molecule has 1 aliphatic heterocycles. The Balaban J connectivity index is 1.88. The third-order valence-electron chi connectivity index (χ3n) is 8.33. The first-order valence-electron chi connectivity index (χ1n) is 15.9. The number of nitrogens with zero attached hydrogens (tertiary/aromatic N) is 2. The third-order valence-corrected chi connectivity index (χ3v) is 9.22. The minimum absolute atomic E-state index is 0.0933. The van der Waals surface area contributed by atoms with Crippen LogP contribution in [0.5, 0.6) is 0 Å². The van der Waals surface area contributed by atoms with E-state index in [1.807, 2.05) is 36.4 Å². The maximum absolute atomic E-state index is 12.9. The van der Waals surface area contributed by atoms with Crippen molar-refractivity contribution >= 4 is 26.8 Å². The zero-order chi connectivity index (χ0) is 31.0. The molecule has 7 nitrogen and oxygen atoms in total. The van der Waals surface area contributed by atoms with Gasteiger partial charge in [-0.2, -0.15) is 8.42 Å². The highest BCUT2D eigenvalue weighted by Crippen LogP contribution is 2.43. The second kappa shape index (κ2) is 15.0. The summed E-state index contributed by atoms with van der Waals surface area (Å²) in [4.78, 5) is 2.16. The van der Waals surface area contributed by atoms with E-state index in [2.05, 4.69) is 61.5 Å². The van der Waals surface area contributed by atoms with E-state index in [0.717, 1.165) is 72.3 Å². The molecule has 2 aromatic rings. The van der Waals surface area contributed by atoms with E-state index in [1.165, 1.54) is 25.7 Å². The number of anilines is 1. The van der Waals surface area contributed by atoms with Crippen LogP contribution in [0.4, 0.5) is 5.69 Å². The molecule has 2 N–H and O–H groups in total. The zero-order valence-corrected chi connectivity index (χ0v) is 27.3. The lowest BCUT2D eigenvalue weighted by Crippen LogP contribution is -2.29. The van der Waals surface area contributed by atoms with Crippen LogP contribution in [0.2, 0.25) is 0 Å². The lowest BCUT2D eigenvalue weighted by Gasteiger charge is -2.22. The monoisotopic (exact) mass is 606 g/mol. The van der Waals surface area contributed by atoms with Gasteiger partial charge in [-0.25, -0.2) is 4.58 Å². The minimum Gasteiger partial charge on any atom is -0.456 e. The summed E-state index contributed by atoms with van der Waals surface area (Å²) in [6.07, 6.45) is 5.97. The number of hydrogen-bond acceptors (Lipinski definition) is 5. The first-order valence-corrected chi connectivity index (χ1v) is 17.3. The topological polar surface area (TPSA) is 85.8 Å². The normalized spacial score (nSPS) is 11.9. The maximum Gasteiger partial charge on any atom is 0.295 e. The quantitative estimate of drug-likeness (QED) is 0.0646. The van der Waals surface area contributed by atoms with Crippen LogP contribution in [0.25, 0.3) is 33.4 Å². The molecule has 232 valence electrons. The van der Waals surface area contributed by atoms with E-state index < -0.39 is 10.1 Å². The van der Waals surface area contributed by atoms with Crippen LogP contribution < -0.4 is 20.1 Å². The molecule has 2 aromatic carbocycles. The van der Waals surface area contributed by atoms with Crippen molar-refractivity contribution in [3.63, 3.8) is 0 Å². The third kappa shape index (κ3) is 7.66. The van der Waals surface area contributed by atoms with Gasteiger partial charge < -0.3 is 14.6 Å². The van der Waals surface area contributed by atoms with Crippen LogP contribution in [-0.2, 0) is 16.7 Å². The molecular formula is C35H48N3O4S+. The molecule has 0 saturated heterocycles. The summed E-state index contributed by atoms with van der Waals surface area (Å²) in [5, 5.41) is 5.26. The Kier molecular flexibility index (Phi) is 11.4. The van der Waals surface area contributed by atoms with Crippen molar-refractivity contribution in [1.82, 2.24) is 9.89 Å². The Hall–Kier alpha value is -3.20. The molecule has 0 fully saturated rings. The Morgan fingerprint density at radius 3 is 2.23 bits per heavy atom. The fourth-order valence-corrected chi connectivity index (χ4v) is 6.66. The minimum atomic E-state index is -4.52. The summed E-state index contributed by atoms with van der Waals surface area (Å²) in [7, 11) is -4.52. The van der Waals surface area contributed by atoms with Crippen LogP contribution in [0.3, 0.4) is 0 Å². The Labute approximate surface area is 257 Å². The molecule has 8 heteroatoms. The average Bonchev–Trinajstić information content (AvgIpc) is 3.00. The molecule has 0 spiro atoms. The molecule has 0 atom stereocenters. The van der Waals surface area contributed by atoms with Gasteiger partial charge in [0.2, 0.25) is 5.36 Å². The standard InChI is InChI=1S/C35H47N3O4S/c1-6-11-12-13-14-21-36-25-26-15-18-31(34(22-26)43(39,40)41)35-29-19-16-27(37(7-2)8-3)23-32(29)42-33-24-28(17-20-30(33)35)38(9-4)10-5/h15-20,22-24,36H,6-14,21,25H2,1-5H3/p+1. The molecule has 0 aromatic heterocycles. The van der Waals surface area contributed by atoms with E-state index >= 15 is 0 Å². The maximum atomic E-state index is 12.9. The van der Waals surface area contributed by atoms with Crippen molar-refractivity contribution < 1.29 is 17.4 Å².